The van der Waals surface area contributed by atoms with E-state index in [-0.39, 0.29) is 0 Å². The van der Waals surface area contributed by atoms with Crippen LogP contribution in [0.25, 0.3) is 0 Å². The molecule has 0 heterocycles. The molecule has 0 amide bonds. The maximum absolute atomic E-state index is 6.51. The fourth-order valence-corrected chi connectivity index (χ4v) is 9.47. The molecule has 0 rings (SSSR count). The Morgan fingerprint density at radius 3 is 2.06 bits per heavy atom. The summed E-state index contributed by atoms with van der Waals surface area (Å²) in [5.74, 6) is 0. The van der Waals surface area contributed by atoms with Gasteiger partial charge in [-0.3, -0.25) is 0 Å². The van der Waals surface area contributed by atoms with Crippen molar-refractivity contribution in [1.82, 2.24) is 0 Å². The molecule has 0 aliphatic heterocycles. The molecule has 0 atom stereocenters. The summed E-state index contributed by atoms with van der Waals surface area (Å²) in [5, 5.41) is 3.34. The van der Waals surface area contributed by atoms with Gasteiger partial charge in [-0.2, -0.15) is 0 Å². The first-order valence-corrected chi connectivity index (χ1v) is 11.8. The average Bonchev–Trinajstić information content (AvgIpc) is 2.27. The van der Waals surface area contributed by atoms with E-state index in [0.29, 0.717) is 35.2 Å². The molecule has 0 aromatic rings. The molecule has 0 spiro atoms. The third kappa shape index (κ3) is 11.0. The van der Waals surface area contributed by atoms with Crippen molar-refractivity contribution in [3.8, 4) is 0 Å². The molecular formula is C13H25ClSSe2. The van der Waals surface area contributed by atoms with Crippen molar-refractivity contribution in [2.45, 2.75) is 69.3 Å². The van der Waals surface area contributed by atoms with Crippen LogP contribution in [0.2, 0.25) is 10.6 Å². The van der Waals surface area contributed by atoms with E-state index in [2.05, 4.69) is 27.7 Å². The number of halogens is 1. The van der Waals surface area contributed by atoms with Crippen LogP contribution in [-0.4, -0.2) is 35.2 Å². The van der Waals surface area contributed by atoms with Gasteiger partial charge >= 0.3 is 130 Å². The van der Waals surface area contributed by atoms with E-state index < -0.39 is 0 Å². The Morgan fingerprint density at radius 1 is 1.06 bits per heavy atom. The molecule has 0 nitrogen and oxygen atoms in total. The van der Waals surface area contributed by atoms with E-state index in [0.717, 1.165) is 0 Å². The monoisotopic (exact) mass is 408 g/mol. The molecule has 0 N–H and O–H groups in total. The van der Waals surface area contributed by atoms with E-state index in [1.165, 1.54) is 40.3 Å². The molecule has 0 fully saturated rings. The molecule has 102 valence electrons. The second-order valence-corrected chi connectivity index (χ2v) is 11.8. The summed E-state index contributed by atoms with van der Waals surface area (Å²) >= 11 is 9.67. The predicted molar refractivity (Wildman–Crippen MR) is 86.5 cm³/mol. The molecule has 0 aliphatic rings. The van der Waals surface area contributed by atoms with Crippen LogP contribution >= 0.6 is 23.4 Å². The van der Waals surface area contributed by atoms with Crippen LogP contribution in [0.1, 0.15) is 53.4 Å². The SMILES string of the molecule is CCCC[Se]/C(Cl)=C(\SC(C)C)[Se]CCCC. The summed E-state index contributed by atoms with van der Waals surface area (Å²) in [6.07, 6.45) is 5.28. The van der Waals surface area contributed by atoms with Crippen molar-refractivity contribution in [2.24, 2.45) is 0 Å². The Balaban J connectivity index is 4.23. The first-order valence-electron chi connectivity index (χ1n) is 6.43. The molecule has 0 saturated carbocycles. The first-order chi connectivity index (χ1) is 8.11. The second-order valence-electron chi connectivity index (χ2n) is 4.13. The Labute approximate surface area is 129 Å². The second kappa shape index (κ2) is 12.5. The zero-order chi connectivity index (χ0) is 13.1. The number of rotatable bonds is 10. The Morgan fingerprint density at radius 2 is 1.59 bits per heavy atom. The summed E-state index contributed by atoms with van der Waals surface area (Å²) < 4.78 is 2.76. The Bertz CT molecular complexity index is 217. The van der Waals surface area contributed by atoms with Crippen LogP contribution < -0.4 is 0 Å². The third-order valence-electron chi connectivity index (χ3n) is 1.96. The topological polar surface area (TPSA) is 0 Å². The Hall–Kier alpha value is 1.42. The van der Waals surface area contributed by atoms with Crippen molar-refractivity contribution >= 4 is 53.3 Å². The van der Waals surface area contributed by atoms with Gasteiger partial charge in [0, 0.05) is 0 Å². The quantitative estimate of drug-likeness (QED) is 0.348. The molecule has 0 unspecified atom stereocenters. The molecule has 4 heteroatoms. The normalized spacial score (nSPS) is 13.1. The zero-order valence-corrected chi connectivity index (χ0v) is 16.4. The van der Waals surface area contributed by atoms with E-state index in [1.54, 1.807) is 3.80 Å². The van der Waals surface area contributed by atoms with Crippen LogP contribution in [0.5, 0.6) is 0 Å². The molecule has 0 radical (unpaired) electrons. The van der Waals surface area contributed by atoms with Crippen LogP contribution in [0.3, 0.4) is 0 Å². The van der Waals surface area contributed by atoms with Gasteiger partial charge < -0.3 is 0 Å². The molecule has 0 aromatic heterocycles. The van der Waals surface area contributed by atoms with E-state index in [9.17, 15) is 0 Å². The van der Waals surface area contributed by atoms with Crippen molar-refractivity contribution < 1.29 is 0 Å². The molecule has 17 heavy (non-hydrogen) atoms. The van der Waals surface area contributed by atoms with Crippen LogP contribution in [0, 0.1) is 0 Å². The van der Waals surface area contributed by atoms with E-state index >= 15 is 0 Å². The minimum atomic E-state index is 0.531. The molecule has 0 bridgehead atoms. The number of unbranched alkanes of at least 4 members (excludes halogenated alkanes) is 2. The zero-order valence-electron chi connectivity index (χ0n) is 11.4. The van der Waals surface area contributed by atoms with Gasteiger partial charge in [-0.1, -0.05) is 0 Å². The van der Waals surface area contributed by atoms with Gasteiger partial charge in [-0.05, 0) is 0 Å². The van der Waals surface area contributed by atoms with Gasteiger partial charge in [0.2, 0.25) is 0 Å². The van der Waals surface area contributed by atoms with Crippen molar-refractivity contribution in [3.63, 3.8) is 0 Å². The summed E-state index contributed by atoms with van der Waals surface area (Å²) in [5.41, 5.74) is 0. The number of thioether (sulfide) groups is 1. The van der Waals surface area contributed by atoms with Crippen LogP contribution in [0.4, 0.5) is 0 Å². The fraction of sp³-hybridized carbons (Fsp3) is 0.846. The van der Waals surface area contributed by atoms with Gasteiger partial charge in [0.1, 0.15) is 0 Å². The Kier molecular flexibility index (Phi) is 13.5. The molecule has 0 aromatic carbocycles. The summed E-state index contributed by atoms with van der Waals surface area (Å²) in [7, 11) is 0. The fourth-order valence-electron chi connectivity index (χ4n) is 1.03. The van der Waals surface area contributed by atoms with Crippen molar-refractivity contribution in [1.29, 1.82) is 0 Å². The van der Waals surface area contributed by atoms with Crippen LogP contribution in [-0.2, 0) is 0 Å². The van der Waals surface area contributed by atoms with Crippen molar-refractivity contribution in [2.75, 3.05) is 0 Å². The van der Waals surface area contributed by atoms with Gasteiger partial charge in [-0.15, -0.1) is 0 Å². The van der Waals surface area contributed by atoms with Gasteiger partial charge in [0.25, 0.3) is 0 Å². The summed E-state index contributed by atoms with van der Waals surface area (Å²) in [4.78, 5) is 0. The first kappa shape index (κ1) is 18.4. The predicted octanol–water partition coefficient (Wildman–Crippen LogP) is 5.34. The summed E-state index contributed by atoms with van der Waals surface area (Å²) in [6.45, 7) is 9.05. The van der Waals surface area contributed by atoms with Gasteiger partial charge in [0.05, 0.1) is 0 Å². The van der Waals surface area contributed by atoms with E-state index in [4.69, 9.17) is 11.6 Å². The van der Waals surface area contributed by atoms with Crippen molar-refractivity contribution in [3.05, 3.63) is 7.73 Å². The average molecular weight is 407 g/mol. The van der Waals surface area contributed by atoms with Crippen LogP contribution in [0.15, 0.2) is 7.73 Å². The van der Waals surface area contributed by atoms with Gasteiger partial charge in [-0.25, -0.2) is 0 Å². The number of hydrogen-bond acceptors (Lipinski definition) is 1. The number of hydrogen-bond donors (Lipinski definition) is 0. The molecule has 0 aliphatic carbocycles. The molecular weight excluding hydrogens is 382 g/mol. The third-order valence-corrected chi connectivity index (χ3v) is 10.1. The minimum absolute atomic E-state index is 0.531. The van der Waals surface area contributed by atoms with Gasteiger partial charge in [0.15, 0.2) is 0 Å². The summed E-state index contributed by atoms with van der Waals surface area (Å²) in [6, 6.07) is 0. The molecule has 0 saturated heterocycles. The maximum atomic E-state index is 6.51. The van der Waals surface area contributed by atoms with E-state index in [1.807, 2.05) is 11.8 Å². The standard InChI is InChI=1S/C13H25ClSSe2/c1-5-7-9-16-12(14)13(15-11(3)4)17-10-8-6-2/h11H,5-10H2,1-4H3/b13-12+.